The van der Waals surface area contributed by atoms with E-state index in [0.29, 0.717) is 11.6 Å². The van der Waals surface area contributed by atoms with Crippen molar-refractivity contribution >= 4 is 17.2 Å². The predicted octanol–water partition coefficient (Wildman–Crippen LogP) is 2.26. The number of nitrogens with one attached hydrogen (secondary N) is 1. The molecule has 0 bridgehead atoms. The SMILES string of the molecule is CC(C)c1cccc(NC(=O)Cn2nc3ccccn3c2=O)c1. The molecule has 0 fully saturated rings. The Morgan fingerprint density at radius 2 is 2.04 bits per heavy atom. The van der Waals surface area contributed by atoms with E-state index in [1.807, 2.05) is 24.3 Å². The molecular formula is C17H18N4O2. The number of pyridine rings is 1. The van der Waals surface area contributed by atoms with Crippen molar-refractivity contribution in [3.63, 3.8) is 0 Å². The molecule has 0 radical (unpaired) electrons. The Morgan fingerprint density at radius 3 is 2.78 bits per heavy atom. The summed E-state index contributed by atoms with van der Waals surface area (Å²) in [6.45, 7) is 4.07. The van der Waals surface area contributed by atoms with Crippen LogP contribution in [0.1, 0.15) is 25.3 Å². The van der Waals surface area contributed by atoms with Crippen molar-refractivity contribution in [1.29, 1.82) is 0 Å². The summed E-state index contributed by atoms with van der Waals surface area (Å²) >= 11 is 0. The lowest BCUT2D eigenvalue weighted by molar-refractivity contribution is -0.117. The summed E-state index contributed by atoms with van der Waals surface area (Å²) in [6.07, 6.45) is 1.63. The molecule has 0 saturated heterocycles. The minimum absolute atomic E-state index is 0.119. The smallest absolute Gasteiger partial charge is 0.324 e. The average molecular weight is 310 g/mol. The van der Waals surface area contributed by atoms with Crippen LogP contribution in [0.5, 0.6) is 0 Å². The number of carbonyl (C=O) groups is 1. The van der Waals surface area contributed by atoms with E-state index in [1.54, 1.807) is 24.4 Å². The van der Waals surface area contributed by atoms with Crippen LogP contribution in [0.4, 0.5) is 5.69 Å². The second-order valence-corrected chi connectivity index (χ2v) is 5.70. The fraction of sp³-hybridized carbons (Fsp3) is 0.235. The van der Waals surface area contributed by atoms with Gasteiger partial charge in [0.2, 0.25) is 5.91 Å². The van der Waals surface area contributed by atoms with E-state index in [4.69, 9.17) is 0 Å². The summed E-state index contributed by atoms with van der Waals surface area (Å²) in [5.74, 6) is 0.101. The first kappa shape index (κ1) is 15.0. The second-order valence-electron chi connectivity index (χ2n) is 5.70. The number of nitrogens with zero attached hydrogens (tertiary/aromatic N) is 3. The van der Waals surface area contributed by atoms with Crippen LogP contribution in [0.25, 0.3) is 5.65 Å². The van der Waals surface area contributed by atoms with Gasteiger partial charge in [-0.2, -0.15) is 0 Å². The van der Waals surface area contributed by atoms with Crippen molar-refractivity contribution in [2.45, 2.75) is 26.3 Å². The molecule has 0 unspecified atom stereocenters. The minimum atomic E-state index is -0.327. The molecule has 1 aromatic carbocycles. The molecule has 1 N–H and O–H groups in total. The lowest BCUT2D eigenvalue weighted by Crippen LogP contribution is -2.28. The van der Waals surface area contributed by atoms with Crippen molar-refractivity contribution in [3.05, 3.63) is 64.7 Å². The van der Waals surface area contributed by atoms with Gasteiger partial charge in [0.25, 0.3) is 0 Å². The van der Waals surface area contributed by atoms with Gasteiger partial charge in [0.15, 0.2) is 5.65 Å². The van der Waals surface area contributed by atoms with Crippen molar-refractivity contribution < 1.29 is 4.79 Å². The largest absolute Gasteiger partial charge is 0.350 e. The molecular weight excluding hydrogens is 292 g/mol. The van der Waals surface area contributed by atoms with Gasteiger partial charge in [-0.25, -0.2) is 9.48 Å². The highest BCUT2D eigenvalue weighted by molar-refractivity contribution is 5.90. The van der Waals surface area contributed by atoms with Gasteiger partial charge in [0.1, 0.15) is 6.54 Å². The van der Waals surface area contributed by atoms with Crippen molar-refractivity contribution in [1.82, 2.24) is 14.2 Å². The lowest BCUT2D eigenvalue weighted by Gasteiger charge is -2.09. The number of fused-ring (bicyclic) bond motifs is 1. The molecule has 1 amide bonds. The fourth-order valence-corrected chi connectivity index (χ4v) is 2.38. The summed E-state index contributed by atoms with van der Waals surface area (Å²) in [7, 11) is 0. The van der Waals surface area contributed by atoms with Crippen molar-refractivity contribution in [2.24, 2.45) is 0 Å². The Hall–Kier alpha value is -2.89. The Balaban J connectivity index is 1.77. The number of rotatable bonds is 4. The van der Waals surface area contributed by atoms with E-state index in [2.05, 4.69) is 24.3 Å². The molecule has 0 aliphatic heterocycles. The van der Waals surface area contributed by atoms with Gasteiger partial charge in [-0.15, -0.1) is 5.10 Å². The van der Waals surface area contributed by atoms with Gasteiger partial charge in [-0.3, -0.25) is 9.20 Å². The third-order valence-corrected chi connectivity index (χ3v) is 3.62. The maximum atomic E-state index is 12.2. The Kier molecular flexibility index (Phi) is 3.97. The first-order chi connectivity index (χ1) is 11.0. The first-order valence-electron chi connectivity index (χ1n) is 7.48. The number of amides is 1. The zero-order valence-corrected chi connectivity index (χ0v) is 13.1. The molecule has 23 heavy (non-hydrogen) atoms. The summed E-state index contributed by atoms with van der Waals surface area (Å²) < 4.78 is 2.57. The van der Waals surface area contributed by atoms with E-state index < -0.39 is 0 Å². The highest BCUT2D eigenvalue weighted by atomic mass is 16.2. The van der Waals surface area contributed by atoms with Gasteiger partial charge >= 0.3 is 5.69 Å². The van der Waals surface area contributed by atoms with E-state index in [0.717, 1.165) is 15.9 Å². The molecule has 0 spiro atoms. The van der Waals surface area contributed by atoms with Crippen LogP contribution in [0.15, 0.2) is 53.5 Å². The lowest BCUT2D eigenvalue weighted by atomic mass is 10.0. The average Bonchev–Trinajstić information content (AvgIpc) is 2.84. The van der Waals surface area contributed by atoms with E-state index in [1.165, 1.54) is 4.40 Å². The summed E-state index contributed by atoms with van der Waals surface area (Å²) in [5.41, 5.74) is 2.06. The maximum absolute atomic E-state index is 12.2. The Morgan fingerprint density at radius 1 is 1.22 bits per heavy atom. The predicted molar refractivity (Wildman–Crippen MR) is 88.6 cm³/mol. The van der Waals surface area contributed by atoms with Crippen LogP contribution in [0, 0.1) is 0 Å². The molecule has 0 aliphatic rings. The van der Waals surface area contributed by atoms with Gasteiger partial charge in [0.05, 0.1) is 0 Å². The Bertz CT molecular complexity index is 908. The topological polar surface area (TPSA) is 68.4 Å². The number of hydrogen-bond donors (Lipinski definition) is 1. The first-order valence-corrected chi connectivity index (χ1v) is 7.48. The fourth-order valence-electron chi connectivity index (χ4n) is 2.38. The number of carbonyl (C=O) groups excluding carboxylic acids is 1. The number of hydrogen-bond acceptors (Lipinski definition) is 3. The molecule has 118 valence electrons. The molecule has 6 nitrogen and oxygen atoms in total. The van der Waals surface area contributed by atoms with Crippen LogP contribution in [0.3, 0.4) is 0 Å². The van der Waals surface area contributed by atoms with Gasteiger partial charge in [0, 0.05) is 11.9 Å². The molecule has 2 aromatic heterocycles. The third-order valence-electron chi connectivity index (χ3n) is 3.62. The number of benzene rings is 1. The van der Waals surface area contributed by atoms with Crippen LogP contribution in [0.2, 0.25) is 0 Å². The van der Waals surface area contributed by atoms with Gasteiger partial charge in [-0.05, 0) is 35.7 Å². The minimum Gasteiger partial charge on any atom is -0.324 e. The zero-order valence-electron chi connectivity index (χ0n) is 13.1. The van der Waals surface area contributed by atoms with Crippen molar-refractivity contribution in [3.8, 4) is 0 Å². The number of aromatic nitrogens is 3. The molecule has 3 aromatic rings. The van der Waals surface area contributed by atoms with Crippen molar-refractivity contribution in [2.75, 3.05) is 5.32 Å². The highest BCUT2D eigenvalue weighted by Crippen LogP contribution is 2.18. The normalized spacial score (nSPS) is 11.1. The van der Waals surface area contributed by atoms with E-state index in [-0.39, 0.29) is 18.1 Å². The molecule has 3 rings (SSSR count). The van der Waals surface area contributed by atoms with Crippen LogP contribution >= 0.6 is 0 Å². The second kappa shape index (κ2) is 6.08. The zero-order chi connectivity index (χ0) is 16.4. The molecule has 0 atom stereocenters. The molecule has 0 saturated carbocycles. The van der Waals surface area contributed by atoms with Crippen LogP contribution in [-0.4, -0.2) is 20.1 Å². The van der Waals surface area contributed by atoms with Crippen LogP contribution < -0.4 is 11.0 Å². The van der Waals surface area contributed by atoms with E-state index >= 15 is 0 Å². The standard InChI is InChI=1S/C17H18N4O2/c1-12(2)13-6-5-7-14(10-13)18-16(22)11-21-17(23)20-9-4-3-8-15(20)19-21/h3-10,12H,11H2,1-2H3,(H,18,22). The summed E-state index contributed by atoms with van der Waals surface area (Å²) in [4.78, 5) is 24.3. The molecule has 2 heterocycles. The van der Waals surface area contributed by atoms with Gasteiger partial charge in [-0.1, -0.05) is 32.0 Å². The van der Waals surface area contributed by atoms with E-state index in [9.17, 15) is 9.59 Å². The van der Waals surface area contributed by atoms with Gasteiger partial charge < -0.3 is 5.32 Å². The highest BCUT2D eigenvalue weighted by Gasteiger charge is 2.11. The summed E-state index contributed by atoms with van der Waals surface area (Å²) in [5, 5.41) is 6.96. The monoisotopic (exact) mass is 310 g/mol. The van der Waals surface area contributed by atoms with Crippen LogP contribution in [-0.2, 0) is 11.3 Å². The quantitative estimate of drug-likeness (QED) is 0.803. The molecule has 6 heteroatoms. The molecule has 0 aliphatic carbocycles. The summed E-state index contributed by atoms with van der Waals surface area (Å²) in [6, 6.07) is 13.0. The maximum Gasteiger partial charge on any atom is 0.350 e. The third kappa shape index (κ3) is 3.15. The number of anilines is 1. The Labute approximate surface area is 133 Å².